The van der Waals surface area contributed by atoms with Crippen LogP contribution in [-0.4, -0.2) is 19.9 Å². The van der Waals surface area contributed by atoms with E-state index in [0.717, 1.165) is 12.1 Å². The second-order valence-corrected chi connectivity index (χ2v) is 3.58. The van der Waals surface area contributed by atoms with Crippen LogP contribution < -0.4 is 5.32 Å². The Labute approximate surface area is 93.7 Å². The molecule has 0 spiro atoms. The molecule has 0 aliphatic carbocycles. The molecule has 1 N–H and O–H groups in total. The van der Waals surface area contributed by atoms with Gasteiger partial charge >= 0.3 is 0 Å². The first-order valence-corrected chi connectivity index (χ1v) is 5.30. The van der Waals surface area contributed by atoms with Gasteiger partial charge in [0, 0.05) is 24.3 Å². The van der Waals surface area contributed by atoms with Crippen molar-refractivity contribution in [2.24, 2.45) is 0 Å². The van der Waals surface area contributed by atoms with Crippen molar-refractivity contribution in [3.63, 3.8) is 0 Å². The van der Waals surface area contributed by atoms with Crippen molar-refractivity contribution in [3.8, 4) is 0 Å². The second kappa shape index (κ2) is 4.89. The van der Waals surface area contributed by atoms with E-state index < -0.39 is 0 Å². The van der Waals surface area contributed by atoms with E-state index >= 15 is 0 Å². The Kier molecular flexibility index (Phi) is 3.31. The quantitative estimate of drug-likeness (QED) is 0.819. The van der Waals surface area contributed by atoms with Crippen LogP contribution in [0, 0.1) is 0 Å². The largest absolute Gasteiger partial charge is 0.343 e. The van der Waals surface area contributed by atoms with E-state index in [0.29, 0.717) is 12.4 Å². The minimum atomic E-state index is 0.221. The monoisotopic (exact) mass is 221 g/mol. The van der Waals surface area contributed by atoms with Gasteiger partial charge in [-0.3, -0.25) is 4.68 Å². The number of aromatic nitrogens is 4. The van der Waals surface area contributed by atoms with E-state index in [1.54, 1.807) is 0 Å². The summed E-state index contributed by atoms with van der Waals surface area (Å²) < 4.78 is 6.56. The third kappa shape index (κ3) is 2.46. The third-order valence-electron chi connectivity index (χ3n) is 2.45. The van der Waals surface area contributed by atoms with Crippen molar-refractivity contribution < 1.29 is 4.52 Å². The number of hydrogen-bond acceptors (Lipinski definition) is 5. The van der Waals surface area contributed by atoms with Gasteiger partial charge in [0.1, 0.15) is 0 Å². The molecule has 2 heterocycles. The summed E-state index contributed by atoms with van der Waals surface area (Å²) in [6.07, 6.45) is 5.24. The lowest BCUT2D eigenvalue weighted by Crippen LogP contribution is -2.18. The van der Waals surface area contributed by atoms with Crippen molar-refractivity contribution >= 4 is 0 Å². The summed E-state index contributed by atoms with van der Waals surface area (Å²) in [6.45, 7) is 5.62. The lowest BCUT2D eigenvalue weighted by Gasteiger charge is -2.09. The number of rotatable bonds is 5. The normalized spacial score (nSPS) is 12.9. The van der Waals surface area contributed by atoms with Crippen molar-refractivity contribution in [1.29, 1.82) is 0 Å². The maximum Gasteiger partial charge on any atom is 0.213 e. The molecule has 2 aromatic heterocycles. The predicted octanol–water partition coefficient (Wildman–Crippen LogP) is 1.14. The minimum absolute atomic E-state index is 0.221. The smallest absolute Gasteiger partial charge is 0.213 e. The standard InChI is InChI=1S/C10H15N5O/c1-3-15-6-9(4-13-15)8(2)11-5-10-12-7-16-14-10/h4,6-8,11H,3,5H2,1-2H3. The molecule has 0 aliphatic heterocycles. The average molecular weight is 221 g/mol. The molecule has 2 rings (SSSR count). The molecule has 0 radical (unpaired) electrons. The van der Waals surface area contributed by atoms with Gasteiger partial charge in [-0.05, 0) is 13.8 Å². The first kappa shape index (κ1) is 10.8. The molecule has 0 saturated heterocycles. The van der Waals surface area contributed by atoms with E-state index in [2.05, 4.69) is 38.9 Å². The molecule has 86 valence electrons. The Balaban J connectivity index is 1.90. The molecule has 6 heteroatoms. The first-order chi connectivity index (χ1) is 7.79. The van der Waals surface area contributed by atoms with Crippen molar-refractivity contribution in [3.05, 3.63) is 30.2 Å². The third-order valence-corrected chi connectivity index (χ3v) is 2.45. The molecule has 6 nitrogen and oxygen atoms in total. The highest BCUT2D eigenvalue weighted by Gasteiger charge is 2.08. The molecule has 0 bridgehead atoms. The summed E-state index contributed by atoms with van der Waals surface area (Å²) in [4.78, 5) is 3.94. The molecule has 0 saturated carbocycles. The average Bonchev–Trinajstić information content (AvgIpc) is 2.96. The summed E-state index contributed by atoms with van der Waals surface area (Å²) >= 11 is 0. The Morgan fingerprint density at radius 3 is 3.06 bits per heavy atom. The van der Waals surface area contributed by atoms with Gasteiger partial charge < -0.3 is 9.84 Å². The summed E-state index contributed by atoms with van der Waals surface area (Å²) in [7, 11) is 0. The maximum absolute atomic E-state index is 4.66. The van der Waals surface area contributed by atoms with Gasteiger partial charge in [-0.1, -0.05) is 5.16 Å². The van der Waals surface area contributed by atoms with Gasteiger partial charge in [0.2, 0.25) is 6.39 Å². The lowest BCUT2D eigenvalue weighted by atomic mass is 10.2. The highest BCUT2D eigenvalue weighted by molar-refractivity contribution is 5.09. The van der Waals surface area contributed by atoms with Gasteiger partial charge in [0.15, 0.2) is 5.82 Å². The van der Waals surface area contributed by atoms with Crippen LogP contribution in [0.5, 0.6) is 0 Å². The molecule has 0 aliphatic rings. The molecule has 1 unspecified atom stereocenters. The van der Waals surface area contributed by atoms with E-state index in [1.807, 2.05) is 17.1 Å². The summed E-state index contributed by atoms with van der Waals surface area (Å²) in [6, 6.07) is 0.221. The SMILES string of the molecule is CCn1cc(C(C)NCc2ncon2)cn1. The van der Waals surface area contributed by atoms with E-state index in [4.69, 9.17) is 0 Å². The van der Waals surface area contributed by atoms with Crippen LogP contribution in [0.2, 0.25) is 0 Å². The highest BCUT2D eigenvalue weighted by atomic mass is 16.5. The zero-order valence-corrected chi connectivity index (χ0v) is 9.42. The fourth-order valence-electron chi connectivity index (χ4n) is 1.41. The summed E-state index contributed by atoms with van der Waals surface area (Å²) in [5, 5.41) is 11.3. The summed E-state index contributed by atoms with van der Waals surface area (Å²) in [5.41, 5.74) is 1.16. The summed E-state index contributed by atoms with van der Waals surface area (Å²) in [5.74, 6) is 0.662. The van der Waals surface area contributed by atoms with Crippen LogP contribution >= 0.6 is 0 Å². The predicted molar refractivity (Wildman–Crippen MR) is 57.5 cm³/mol. The fourth-order valence-corrected chi connectivity index (χ4v) is 1.41. The minimum Gasteiger partial charge on any atom is -0.343 e. The molecule has 1 atom stereocenters. The van der Waals surface area contributed by atoms with E-state index in [-0.39, 0.29) is 6.04 Å². The van der Waals surface area contributed by atoms with Gasteiger partial charge in [0.25, 0.3) is 0 Å². The fraction of sp³-hybridized carbons (Fsp3) is 0.500. The Morgan fingerprint density at radius 1 is 1.56 bits per heavy atom. The van der Waals surface area contributed by atoms with Crippen LogP contribution in [0.4, 0.5) is 0 Å². The molecular weight excluding hydrogens is 206 g/mol. The highest BCUT2D eigenvalue weighted by Crippen LogP contribution is 2.11. The van der Waals surface area contributed by atoms with E-state index in [1.165, 1.54) is 6.39 Å². The number of aryl methyl sites for hydroxylation is 1. The molecule has 0 aromatic carbocycles. The lowest BCUT2D eigenvalue weighted by molar-refractivity contribution is 0.405. The van der Waals surface area contributed by atoms with Crippen molar-refractivity contribution in [2.45, 2.75) is 33.0 Å². The molecule has 16 heavy (non-hydrogen) atoms. The molecule has 2 aromatic rings. The number of nitrogens with zero attached hydrogens (tertiary/aromatic N) is 4. The maximum atomic E-state index is 4.66. The van der Waals surface area contributed by atoms with Crippen LogP contribution in [0.3, 0.4) is 0 Å². The molecule has 0 fully saturated rings. The topological polar surface area (TPSA) is 68.8 Å². The molecule has 0 amide bonds. The zero-order valence-electron chi connectivity index (χ0n) is 9.42. The van der Waals surface area contributed by atoms with Crippen LogP contribution in [0.15, 0.2) is 23.3 Å². The Morgan fingerprint density at radius 2 is 2.44 bits per heavy atom. The van der Waals surface area contributed by atoms with Crippen molar-refractivity contribution in [2.75, 3.05) is 0 Å². The number of nitrogens with one attached hydrogen (secondary N) is 1. The van der Waals surface area contributed by atoms with Crippen LogP contribution in [0.1, 0.15) is 31.3 Å². The van der Waals surface area contributed by atoms with E-state index in [9.17, 15) is 0 Å². The van der Waals surface area contributed by atoms with Crippen LogP contribution in [-0.2, 0) is 13.1 Å². The van der Waals surface area contributed by atoms with Crippen molar-refractivity contribution in [1.82, 2.24) is 25.2 Å². The Hall–Kier alpha value is -1.69. The van der Waals surface area contributed by atoms with Gasteiger partial charge in [-0.15, -0.1) is 0 Å². The zero-order chi connectivity index (χ0) is 11.4. The Bertz CT molecular complexity index is 422. The van der Waals surface area contributed by atoms with Gasteiger partial charge in [-0.2, -0.15) is 10.1 Å². The van der Waals surface area contributed by atoms with Crippen LogP contribution in [0.25, 0.3) is 0 Å². The number of hydrogen-bond donors (Lipinski definition) is 1. The first-order valence-electron chi connectivity index (χ1n) is 5.30. The van der Waals surface area contributed by atoms with Gasteiger partial charge in [-0.25, -0.2) is 0 Å². The molecular formula is C10H15N5O. The van der Waals surface area contributed by atoms with Gasteiger partial charge in [0.05, 0.1) is 12.7 Å². The second-order valence-electron chi connectivity index (χ2n) is 3.58.